The molecule has 0 spiro atoms. The van der Waals surface area contributed by atoms with Crippen molar-refractivity contribution in [3.8, 4) is 11.5 Å². The topological polar surface area (TPSA) is 98.3 Å². The van der Waals surface area contributed by atoms with Gasteiger partial charge in [0, 0.05) is 6.07 Å². The molecule has 0 radical (unpaired) electrons. The molecule has 0 saturated heterocycles. The van der Waals surface area contributed by atoms with E-state index in [4.69, 9.17) is 5.73 Å². The number of H-pyrrole nitrogens is 1. The maximum absolute atomic E-state index is 5.48. The molecule has 0 aliphatic heterocycles. The van der Waals surface area contributed by atoms with E-state index in [0.717, 1.165) is 0 Å². The summed E-state index contributed by atoms with van der Waals surface area (Å²) in [4.78, 5) is 1.55. The van der Waals surface area contributed by atoms with E-state index in [1.54, 1.807) is 10.9 Å². The fourth-order valence-electron chi connectivity index (χ4n) is 1.06. The molecule has 0 aliphatic carbocycles. The summed E-state index contributed by atoms with van der Waals surface area (Å²) in [7, 11) is 0. The highest BCUT2D eigenvalue weighted by atomic mass is 15.6. The number of rotatable bonds is 1. The van der Waals surface area contributed by atoms with Gasteiger partial charge in [-0.25, -0.2) is 0 Å². The maximum Gasteiger partial charge on any atom is 0.222 e. The molecule has 0 fully saturated rings. The van der Waals surface area contributed by atoms with Crippen LogP contribution in [-0.4, -0.2) is 30.4 Å². The highest BCUT2D eigenvalue weighted by Gasteiger charge is 2.18. The average Bonchev–Trinajstić information content (AvgIpc) is 2.69. The zero-order chi connectivity index (χ0) is 11.1. The monoisotopic (exact) mass is 207 g/mol. The highest BCUT2D eigenvalue weighted by Crippen LogP contribution is 2.15. The molecule has 80 valence electrons. The van der Waals surface area contributed by atoms with E-state index in [1.165, 1.54) is 0 Å². The standard InChI is InChI=1S/C8H13N7/c1-8(2,3)15-13-7(12-14-15)5-4-6(9)11-10-5/h4H,1-3H3,(H3,9,10,11). The molecule has 3 N–H and O–H groups in total. The summed E-state index contributed by atoms with van der Waals surface area (Å²) in [6.07, 6.45) is 0. The molecule has 0 aliphatic rings. The quantitative estimate of drug-likeness (QED) is 0.705. The lowest BCUT2D eigenvalue weighted by atomic mass is 10.1. The Balaban J connectivity index is 2.36. The van der Waals surface area contributed by atoms with Crippen molar-refractivity contribution in [3.05, 3.63) is 6.07 Å². The Morgan fingerprint density at radius 1 is 1.40 bits per heavy atom. The summed E-state index contributed by atoms with van der Waals surface area (Å²) in [6, 6.07) is 1.67. The zero-order valence-electron chi connectivity index (χ0n) is 8.89. The molecule has 0 amide bonds. The number of hydrogen-bond acceptors (Lipinski definition) is 5. The van der Waals surface area contributed by atoms with Crippen LogP contribution in [0.4, 0.5) is 5.82 Å². The van der Waals surface area contributed by atoms with Gasteiger partial charge < -0.3 is 5.73 Å². The van der Waals surface area contributed by atoms with Crippen LogP contribution >= 0.6 is 0 Å². The molecule has 2 aromatic rings. The second-order valence-electron chi connectivity index (χ2n) is 4.28. The molecule has 0 bridgehead atoms. The van der Waals surface area contributed by atoms with E-state index in [2.05, 4.69) is 25.6 Å². The van der Waals surface area contributed by atoms with Gasteiger partial charge in [-0.15, -0.1) is 10.2 Å². The van der Waals surface area contributed by atoms with Gasteiger partial charge in [0.2, 0.25) is 5.82 Å². The van der Waals surface area contributed by atoms with Crippen molar-refractivity contribution in [2.24, 2.45) is 0 Å². The number of nitrogens with one attached hydrogen (secondary N) is 1. The van der Waals surface area contributed by atoms with E-state index >= 15 is 0 Å². The van der Waals surface area contributed by atoms with Crippen LogP contribution < -0.4 is 5.73 Å². The number of nitrogens with zero attached hydrogens (tertiary/aromatic N) is 5. The first-order valence-corrected chi connectivity index (χ1v) is 4.58. The molecular formula is C8H13N7. The van der Waals surface area contributed by atoms with E-state index in [9.17, 15) is 0 Å². The molecule has 0 atom stereocenters. The predicted octanol–water partition coefficient (Wildman–Crippen LogP) is 0.400. The molecule has 2 heterocycles. The first-order valence-electron chi connectivity index (χ1n) is 4.58. The van der Waals surface area contributed by atoms with Crippen molar-refractivity contribution in [2.75, 3.05) is 5.73 Å². The summed E-state index contributed by atoms with van der Waals surface area (Å²) < 4.78 is 0. The lowest BCUT2D eigenvalue weighted by molar-refractivity contribution is 0.306. The molecule has 7 nitrogen and oxygen atoms in total. The summed E-state index contributed by atoms with van der Waals surface area (Å²) in [6.45, 7) is 6.00. The Labute approximate surface area is 86.7 Å². The molecule has 0 saturated carbocycles. The van der Waals surface area contributed by atoms with Crippen molar-refractivity contribution >= 4 is 5.82 Å². The Bertz CT molecular complexity index is 461. The zero-order valence-corrected chi connectivity index (χ0v) is 8.89. The summed E-state index contributed by atoms with van der Waals surface area (Å²) in [5, 5.41) is 18.6. The third-order valence-electron chi connectivity index (χ3n) is 1.85. The van der Waals surface area contributed by atoms with Crippen molar-refractivity contribution in [1.29, 1.82) is 0 Å². The molecule has 2 rings (SSSR count). The van der Waals surface area contributed by atoms with Crippen LogP contribution in [0.25, 0.3) is 11.5 Å². The van der Waals surface area contributed by atoms with Crippen LogP contribution in [0.5, 0.6) is 0 Å². The van der Waals surface area contributed by atoms with Crippen molar-refractivity contribution in [1.82, 2.24) is 30.4 Å². The average molecular weight is 207 g/mol. The third kappa shape index (κ3) is 1.80. The lowest BCUT2D eigenvalue weighted by Gasteiger charge is -2.15. The number of anilines is 1. The largest absolute Gasteiger partial charge is 0.382 e. The molecule has 15 heavy (non-hydrogen) atoms. The first-order chi connectivity index (χ1) is 6.97. The van der Waals surface area contributed by atoms with Crippen LogP contribution in [0.3, 0.4) is 0 Å². The van der Waals surface area contributed by atoms with Gasteiger partial charge in [-0.1, -0.05) is 0 Å². The van der Waals surface area contributed by atoms with E-state index < -0.39 is 0 Å². The predicted molar refractivity (Wildman–Crippen MR) is 54.8 cm³/mol. The number of hydrogen-bond donors (Lipinski definition) is 2. The number of aromatic amines is 1. The third-order valence-corrected chi connectivity index (χ3v) is 1.85. The minimum Gasteiger partial charge on any atom is -0.382 e. The van der Waals surface area contributed by atoms with Gasteiger partial charge in [-0.05, 0) is 26.0 Å². The fourth-order valence-corrected chi connectivity index (χ4v) is 1.06. The van der Waals surface area contributed by atoms with Gasteiger partial charge in [-0.3, -0.25) is 5.10 Å². The summed E-state index contributed by atoms with van der Waals surface area (Å²) in [5.74, 6) is 0.909. The molecule has 2 aromatic heterocycles. The summed E-state index contributed by atoms with van der Waals surface area (Å²) >= 11 is 0. The van der Waals surface area contributed by atoms with Gasteiger partial charge in [0.25, 0.3) is 0 Å². The highest BCUT2D eigenvalue weighted by molar-refractivity contribution is 5.52. The SMILES string of the molecule is CC(C)(C)n1nnc(-c2cc(N)n[nH]2)n1. The van der Waals surface area contributed by atoms with Gasteiger partial charge in [0.05, 0.1) is 5.54 Å². The molecule has 0 unspecified atom stereocenters. The van der Waals surface area contributed by atoms with Crippen LogP contribution in [-0.2, 0) is 5.54 Å². The molecule has 7 heteroatoms. The van der Waals surface area contributed by atoms with Crippen LogP contribution in [0.1, 0.15) is 20.8 Å². The van der Waals surface area contributed by atoms with Gasteiger partial charge >= 0.3 is 0 Å². The van der Waals surface area contributed by atoms with Gasteiger partial charge in [0.15, 0.2) is 0 Å². The Morgan fingerprint density at radius 3 is 2.60 bits per heavy atom. The number of tetrazole rings is 1. The Hall–Kier alpha value is -1.92. The van der Waals surface area contributed by atoms with Crippen LogP contribution in [0, 0.1) is 0 Å². The van der Waals surface area contributed by atoms with Crippen LogP contribution in [0.2, 0.25) is 0 Å². The second kappa shape index (κ2) is 3.04. The smallest absolute Gasteiger partial charge is 0.222 e. The molecule has 0 aromatic carbocycles. The minimum absolute atomic E-state index is 0.184. The van der Waals surface area contributed by atoms with Crippen molar-refractivity contribution < 1.29 is 0 Å². The fraction of sp³-hybridized carbons (Fsp3) is 0.500. The second-order valence-corrected chi connectivity index (χ2v) is 4.28. The van der Waals surface area contributed by atoms with E-state index in [0.29, 0.717) is 17.3 Å². The van der Waals surface area contributed by atoms with Gasteiger partial charge in [0.1, 0.15) is 11.5 Å². The Morgan fingerprint density at radius 2 is 2.13 bits per heavy atom. The van der Waals surface area contributed by atoms with Crippen molar-refractivity contribution in [2.45, 2.75) is 26.3 Å². The summed E-state index contributed by atoms with van der Waals surface area (Å²) in [5.41, 5.74) is 5.97. The van der Waals surface area contributed by atoms with Crippen molar-refractivity contribution in [3.63, 3.8) is 0 Å². The minimum atomic E-state index is -0.184. The van der Waals surface area contributed by atoms with Crippen LogP contribution in [0.15, 0.2) is 6.07 Å². The number of nitrogens with two attached hydrogens (primary N) is 1. The number of aromatic nitrogens is 6. The van der Waals surface area contributed by atoms with E-state index in [-0.39, 0.29) is 5.54 Å². The van der Waals surface area contributed by atoms with Gasteiger partial charge in [-0.2, -0.15) is 9.90 Å². The Kier molecular flexibility index (Phi) is 1.95. The molecular weight excluding hydrogens is 194 g/mol. The number of nitrogen functional groups attached to an aromatic ring is 1. The first kappa shape index (κ1) is 9.63. The van der Waals surface area contributed by atoms with E-state index in [1.807, 2.05) is 20.8 Å². The normalized spacial score (nSPS) is 11.9. The maximum atomic E-state index is 5.48. The lowest BCUT2D eigenvalue weighted by Crippen LogP contribution is -2.24.